The summed E-state index contributed by atoms with van der Waals surface area (Å²) in [4.78, 5) is 4.40. The summed E-state index contributed by atoms with van der Waals surface area (Å²) >= 11 is 0. The molecule has 0 aliphatic heterocycles. The van der Waals surface area contributed by atoms with E-state index < -0.39 is 0 Å². The van der Waals surface area contributed by atoms with Crippen LogP contribution in [0.1, 0.15) is 60.8 Å². The lowest BCUT2D eigenvalue weighted by Gasteiger charge is -2.22. The first kappa shape index (κ1) is 18.9. The molecule has 0 saturated heterocycles. The van der Waals surface area contributed by atoms with Gasteiger partial charge in [0.1, 0.15) is 0 Å². The van der Waals surface area contributed by atoms with Gasteiger partial charge in [0, 0.05) is 51.4 Å². The zero-order valence-corrected chi connectivity index (χ0v) is 18.1. The fourth-order valence-electron chi connectivity index (χ4n) is 4.83. The standard InChI is InChI=1S/C26H32N2/c1-17-13-19-7-9-21(27(3)4)15-25(19)23(17)11-12-24-18(2)14-20-8-10-22(28(5)6)16-26(20)24/h7-10,13-16,23-24H,11-12H2,1-6H3. The second-order valence-corrected chi connectivity index (χ2v) is 8.87. The van der Waals surface area contributed by atoms with E-state index in [4.69, 9.17) is 0 Å². The second-order valence-electron chi connectivity index (χ2n) is 8.87. The number of fused-ring (bicyclic) bond motifs is 2. The molecule has 2 aliphatic carbocycles. The van der Waals surface area contributed by atoms with Crippen LogP contribution >= 0.6 is 0 Å². The molecule has 0 heterocycles. The minimum atomic E-state index is 0.545. The van der Waals surface area contributed by atoms with E-state index in [0.29, 0.717) is 11.8 Å². The van der Waals surface area contributed by atoms with E-state index >= 15 is 0 Å². The smallest absolute Gasteiger partial charge is 0.0364 e. The van der Waals surface area contributed by atoms with Gasteiger partial charge in [-0.1, -0.05) is 35.4 Å². The van der Waals surface area contributed by atoms with Crippen molar-refractivity contribution >= 4 is 23.5 Å². The first-order valence-corrected chi connectivity index (χ1v) is 10.3. The quantitative estimate of drug-likeness (QED) is 0.607. The van der Waals surface area contributed by atoms with Gasteiger partial charge in [0.05, 0.1) is 0 Å². The Morgan fingerprint density at radius 1 is 0.643 bits per heavy atom. The van der Waals surface area contributed by atoms with Crippen LogP contribution in [0.25, 0.3) is 12.2 Å². The van der Waals surface area contributed by atoms with E-state index in [1.165, 1.54) is 57.6 Å². The first-order valence-electron chi connectivity index (χ1n) is 10.3. The van der Waals surface area contributed by atoms with Crippen molar-refractivity contribution in [1.82, 2.24) is 0 Å². The number of allylic oxidation sites excluding steroid dienone is 2. The lowest BCUT2D eigenvalue weighted by molar-refractivity contribution is 0.611. The summed E-state index contributed by atoms with van der Waals surface area (Å²) in [7, 11) is 8.49. The molecule has 2 atom stereocenters. The van der Waals surface area contributed by atoms with Crippen LogP contribution in [-0.2, 0) is 0 Å². The average molecular weight is 373 g/mol. The molecule has 0 bridgehead atoms. The Morgan fingerprint density at radius 3 is 1.39 bits per heavy atom. The SMILES string of the molecule is CC1=Cc2ccc(N(C)C)cc2C1CCC1C(C)=Cc2ccc(N(C)C)cc21. The number of hydrogen-bond acceptors (Lipinski definition) is 2. The molecule has 2 aliphatic rings. The van der Waals surface area contributed by atoms with Crippen molar-refractivity contribution in [3.05, 3.63) is 69.8 Å². The van der Waals surface area contributed by atoms with Crippen molar-refractivity contribution in [3.63, 3.8) is 0 Å². The summed E-state index contributed by atoms with van der Waals surface area (Å²) in [6.07, 6.45) is 7.17. The summed E-state index contributed by atoms with van der Waals surface area (Å²) in [6, 6.07) is 13.8. The van der Waals surface area contributed by atoms with Crippen LogP contribution in [-0.4, -0.2) is 28.2 Å². The molecule has 2 aromatic carbocycles. The Labute approximate surface area is 170 Å². The molecule has 4 rings (SSSR count). The van der Waals surface area contributed by atoms with Gasteiger partial charge in [0.2, 0.25) is 0 Å². The van der Waals surface area contributed by atoms with Crippen LogP contribution in [0.5, 0.6) is 0 Å². The Kier molecular flexibility index (Phi) is 4.82. The molecular weight excluding hydrogens is 340 g/mol. The van der Waals surface area contributed by atoms with Gasteiger partial charge in [0.25, 0.3) is 0 Å². The average Bonchev–Trinajstić information content (AvgIpc) is 3.13. The lowest BCUT2D eigenvalue weighted by atomic mass is 9.84. The zero-order chi connectivity index (χ0) is 20.0. The summed E-state index contributed by atoms with van der Waals surface area (Å²) in [5.74, 6) is 1.09. The van der Waals surface area contributed by atoms with Crippen LogP contribution in [0.15, 0.2) is 47.5 Å². The highest BCUT2D eigenvalue weighted by molar-refractivity contribution is 5.71. The predicted molar refractivity (Wildman–Crippen MR) is 124 cm³/mol. The molecule has 0 radical (unpaired) electrons. The van der Waals surface area contributed by atoms with Crippen molar-refractivity contribution in [1.29, 1.82) is 0 Å². The van der Waals surface area contributed by atoms with Crippen molar-refractivity contribution in [2.24, 2.45) is 0 Å². The van der Waals surface area contributed by atoms with E-state index in [1.807, 2.05) is 0 Å². The van der Waals surface area contributed by atoms with E-state index in [1.54, 1.807) is 0 Å². The molecule has 0 amide bonds. The minimum Gasteiger partial charge on any atom is -0.378 e. The van der Waals surface area contributed by atoms with Gasteiger partial charge >= 0.3 is 0 Å². The molecule has 0 N–H and O–H groups in total. The van der Waals surface area contributed by atoms with Gasteiger partial charge in [-0.15, -0.1) is 0 Å². The van der Waals surface area contributed by atoms with Crippen molar-refractivity contribution < 1.29 is 0 Å². The molecule has 146 valence electrons. The number of rotatable bonds is 5. The van der Waals surface area contributed by atoms with Gasteiger partial charge in [-0.05, 0) is 73.2 Å². The minimum absolute atomic E-state index is 0.545. The fraction of sp³-hybridized carbons (Fsp3) is 0.385. The predicted octanol–water partition coefficient (Wildman–Crippen LogP) is 6.30. The molecule has 2 nitrogen and oxygen atoms in total. The van der Waals surface area contributed by atoms with Crippen LogP contribution in [0, 0.1) is 0 Å². The number of benzene rings is 2. The maximum Gasteiger partial charge on any atom is 0.0364 e. The summed E-state index contributed by atoms with van der Waals surface area (Å²) in [5.41, 5.74) is 11.4. The third-order valence-corrected chi connectivity index (χ3v) is 6.53. The lowest BCUT2D eigenvalue weighted by Crippen LogP contribution is -2.10. The number of anilines is 2. The highest BCUT2D eigenvalue weighted by atomic mass is 15.1. The zero-order valence-electron chi connectivity index (χ0n) is 18.1. The van der Waals surface area contributed by atoms with Gasteiger partial charge in [-0.25, -0.2) is 0 Å². The Morgan fingerprint density at radius 2 is 1.04 bits per heavy atom. The Balaban J connectivity index is 1.57. The topological polar surface area (TPSA) is 6.48 Å². The van der Waals surface area contributed by atoms with Gasteiger partial charge < -0.3 is 9.80 Å². The third-order valence-electron chi connectivity index (χ3n) is 6.53. The number of nitrogens with zero attached hydrogens (tertiary/aromatic N) is 2. The maximum absolute atomic E-state index is 2.39. The molecule has 0 spiro atoms. The fourth-order valence-corrected chi connectivity index (χ4v) is 4.83. The van der Waals surface area contributed by atoms with Crippen LogP contribution in [0.2, 0.25) is 0 Å². The monoisotopic (exact) mass is 372 g/mol. The van der Waals surface area contributed by atoms with Crippen molar-refractivity contribution in [2.45, 2.75) is 38.5 Å². The largest absolute Gasteiger partial charge is 0.378 e. The van der Waals surface area contributed by atoms with Gasteiger partial charge in [0.15, 0.2) is 0 Å². The van der Waals surface area contributed by atoms with Crippen molar-refractivity contribution in [3.8, 4) is 0 Å². The molecule has 2 heteroatoms. The molecule has 28 heavy (non-hydrogen) atoms. The normalized spacial score (nSPS) is 19.8. The summed E-state index contributed by atoms with van der Waals surface area (Å²) in [5, 5.41) is 0. The molecule has 0 aromatic heterocycles. The second kappa shape index (κ2) is 7.16. The third kappa shape index (κ3) is 3.26. The highest BCUT2D eigenvalue weighted by Gasteiger charge is 2.28. The van der Waals surface area contributed by atoms with Crippen molar-refractivity contribution in [2.75, 3.05) is 38.0 Å². The van der Waals surface area contributed by atoms with Gasteiger partial charge in [-0.3, -0.25) is 0 Å². The van der Waals surface area contributed by atoms with Gasteiger partial charge in [-0.2, -0.15) is 0 Å². The Hall–Kier alpha value is -2.48. The number of hydrogen-bond donors (Lipinski definition) is 0. The Bertz CT molecular complexity index is 883. The summed E-state index contributed by atoms with van der Waals surface area (Å²) in [6.45, 7) is 4.60. The van der Waals surface area contributed by atoms with Crippen LogP contribution in [0.3, 0.4) is 0 Å². The van der Waals surface area contributed by atoms with Crippen LogP contribution in [0.4, 0.5) is 11.4 Å². The van der Waals surface area contributed by atoms with E-state index in [9.17, 15) is 0 Å². The maximum atomic E-state index is 2.39. The van der Waals surface area contributed by atoms with Crippen LogP contribution < -0.4 is 9.80 Å². The van der Waals surface area contributed by atoms with E-state index in [0.717, 1.165) is 0 Å². The molecular formula is C26H32N2. The summed E-state index contributed by atoms with van der Waals surface area (Å²) < 4.78 is 0. The van der Waals surface area contributed by atoms with E-state index in [2.05, 4.69) is 100 Å². The first-order chi connectivity index (χ1) is 13.3. The molecule has 0 fully saturated rings. The molecule has 2 unspecified atom stereocenters. The van der Waals surface area contributed by atoms with E-state index in [-0.39, 0.29) is 0 Å². The molecule has 0 saturated carbocycles. The highest BCUT2D eigenvalue weighted by Crippen LogP contribution is 2.46. The molecule has 2 aromatic rings.